The van der Waals surface area contributed by atoms with E-state index in [4.69, 9.17) is 0 Å². The van der Waals surface area contributed by atoms with Gasteiger partial charge in [-0.2, -0.15) is 0 Å². The summed E-state index contributed by atoms with van der Waals surface area (Å²) in [6.45, 7) is 16.9. The van der Waals surface area contributed by atoms with Crippen LogP contribution in [0, 0.1) is 39.9 Å². The average molecular weight is 413 g/mol. The Bertz CT molecular complexity index is 723. The van der Waals surface area contributed by atoms with Crippen molar-refractivity contribution in [3.63, 3.8) is 0 Å². The Kier molecular flexibility index (Phi) is 5.87. The van der Waals surface area contributed by atoms with Crippen LogP contribution in [-0.2, 0) is 0 Å². The van der Waals surface area contributed by atoms with Gasteiger partial charge in [-0.3, -0.25) is 0 Å². The number of rotatable bonds is 4. The average Bonchev–Trinajstić information content (AvgIpc) is 3.02. The van der Waals surface area contributed by atoms with E-state index in [1.54, 1.807) is 0 Å². The van der Waals surface area contributed by atoms with Gasteiger partial charge in [0, 0.05) is 0 Å². The summed E-state index contributed by atoms with van der Waals surface area (Å²) in [7, 11) is 0. The van der Waals surface area contributed by atoms with Gasteiger partial charge in [-0.25, -0.2) is 0 Å². The van der Waals surface area contributed by atoms with E-state index in [0.29, 0.717) is 16.7 Å². The zero-order valence-corrected chi connectivity index (χ0v) is 21.0. The van der Waals surface area contributed by atoms with Gasteiger partial charge in [0.2, 0.25) is 0 Å². The van der Waals surface area contributed by atoms with Crippen molar-refractivity contribution in [3.05, 3.63) is 22.8 Å². The van der Waals surface area contributed by atoms with E-state index in [-0.39, 0.29) is 11.5 Å². The van der Waals surface area contributed by atoms with Gasteiger partial charge in [0.1, 0.15) is 0 Å². The fourth-order valence-electron chi connectivity index (χ4n) is 9.00. The topological polar surface area (TPSA) is 20.2 Å². The highest BCUT2D eigenvalue weighted by Gasteiger charge is 2.59. The monoisotopic (exact) mass is 412 g/mol. The lowest BCUT2D eigenvalue weighted by atomic mass is 9.45. The van der Waals surface area contributed by atoms with Crippen LogP contribution in [0.3, 0.4) is 0 Å². The zero-order valence-electron chi connectivity index (χ0n) is 21.0. The van der Waals surface area contributed by atoms with Crippen molar-refractivity contribution in [2.75, 3.05) is 0 Å². The second-order valence-electron chi connectivity index (χ2n) is 12.9. The Morgan fingerprint density at radius 3 is 2.30 bits per heavy atom. The normalized spacial score (nSPS) is 43.5. The lowest BCUT2D eigenvalue weighted by molar-refractivity contribution is -0.0931. The minimum Gasteiger partial charge on any atom is -0.393 e. The maximum absolute atomic E-state index is 10.8. The summed E-state index contributed by atoms with van der Waals surface area (Å²) in [5.41, 5.74) is 6.06. The first-order chi connectivity index (χ1) is 14.0. The number of hydrogen-bond donors (Lipinski definition) is 1. The van der Waals surface area contributed by atoms with Crippen LogP contribution in [-0.4, -0.2) is 11.2 Å². The van der Waals surface area contributed by atoms with Gasteiger partial charge in [-0.1, -0.05) is 57.4 Å². The Hall–Kier alpha value is -0.560. The maximum Gasteiger partial charge on any atom is 0.0594 e. The molecule has 0 unspecified atom stereocenters. The van der Waals surface area contributed by atoms with E-state index >= 15 is 0 Å². The van der Waals surface area contributed by atoms with Gasteiger partial charge in [0.25, 0.3) is 0 Å². The van der Waals surface area contributed by atoms with Crippen LogP contribution in [0.5, 0.6) is 0 Å². The summed E-state index contributed by atoms with van der Waals surface area (Å²) in [6.07, 6.45) is 15.3. The number of fused-ring (bicyclic) bond motifs is 4. The van der Waals surface area contributed by atoms with Gasteiger partial charge in [0.05, 0.1) is 6.10 Å². The third-order valence-corrected chi connectivity index (χ3v) is 10.8. The van der Waals surface area contributed by atoms with Crippen molar-refractivity contribution >= 4 is 0 Å². The lowest BCUT2D eigenvalue weighted by Crippen LogP contribution is -2.53. The van der Waals surface area contributed by atoms with Crippen molar-refractivity contribution < 1.29 is 5.11 Å². The number of hydrogen-bond acceptors (Lipinski definition) is 1. The maximum atomic E-state index is 10.8. The summed E-state index contributed by atoms with van der Waals surface area (Å²) >= 11 is 0. The predicted octanol–water partition coefficient (Wildman–Crippen LogP) is 8.09. The Morgan fingerprint density at radius 1 is 0.967 bits per heavy atom. The first-order valence-corrected chi connectivity index (χ1v) is 13.1. The quantitative estimate of drug-likeness (QED) is 0.462. The van der Waals surface area contributed by atoms with Crippen molar-refractivity contribution in [2.24, 2.45) is 39.9 Å². The first-order valence-electron chi connectivity index (χ1n) is 13.1. The van der Waals surface area contributed by atoms with E-state index in [1.165, 1.54) is 63.4 Å². The lowest BCUT2D eigenvalue weighted by Gasteiger charge is -2.60. The second kappa shape index (κ2) is 7.79. The van der Waals surface area contributed by atoms with Gasteiger partial charge >= 0.3 is 0 Å². The minimum absolute atomic E-state index is 0.0565. The van der Waals surface area contributed by atoms with Gasteiger partial charge in [0.15, 0.2) is 0 Å². The molecule has 0 heterocycles. The molecule has 0 aliphatic heterocycles. The van der Waals surface area contributed by atoms with Crippen LogP contribution in [0.1, 0.15) is 113 Å². The molecular formula is C29H48O. The fourth-order valence-corrected chi connectivity index (χ4v) is 9.00. The summed E-state index contributed by atoms with van der Waals surface area (Å²) < 4.78 is 0. The highest BCUT2D eigenvalue weighted by Crippen LogP contribution is 2.68. The van der Waals surface area contributed by atoms with Crippen molar-refractivity contribution in [1.82, 2.24) is 0 Å². The molecule has 1 N–H and O–H groups in total. The van der Waals surface area contributed by atoms with Crippen LogP contribution >= 0.6 is 0 Å². The second-order valence-corrected chi connectivity index (χ2v) is 12.9. The number of aliphatic hydroxyl groups excluding tert-OH is 1. The molecule has 2 saturated carbocycles. The highest BCUT2D eigenvalue weighted by atomic mass is 16.3. The molecule has 2 fully saturated rings. The minimum atomic E-state index is -0.123. The Balaban J connectivity index is 1.59. The molecule has 0 aromatic rings. The van der Waals surface area contributed by atoms with E-state index in [0.717, 1.165) is 24.2 Å². The molecule has 7 atom stereocenters. The van der Waals surface area contributed by atoms with Gasteiger partial charge in [-0.05, 0) is 118 Å². The summed E-state index contributed by atoms with van der Waals surface area (Å²) in [6, 6.07) is 0. The number of allylic oxidation sites excluding steroid dienone is 4. The molecule has 30 heavy (non-hydrogen) atoms. The van der Waals surface area contributed by atoms with E-state index < -0.39 is 0 Å². The van der Waals surface area contributed by atoms with E-state index in [1.807, 2.05) is 11.1 Å². The molecule has 0 amide bonds. The Labute approximate surface area is 186 Å². The molecule has 0 aromatic carbocycles. The molecule has 1 heteroatoms. The summed E-state index contributed by atoms with van der Waals surface area (Å²) in [5.74, 6) is 3.32. The molecule has 0 spiro atoms. The largest absolute Gasteiger partial charge is 0.393 e. The van der Waals surface area contributed by atoms with Crippen LogP contribution in [0.15, 0.2) is 22.8 Å². The molecule has 1 nitrogen and oxygen atoms in total. The van der Waals surface area contributed by atoms with Gasteiger partial charge in [-0.15, -0.1) is 0 Å². The first kappa shape index (κ1) is 22.6. The van der Waals surface area contributed by atoms with Gasteiger partial charge < -0.3 is 5.11 Å². The smallest absolute Gasteiger partial charge is 0.0594 e. The highest BCUT2D eigenvalue weighted by molar-refractivity contribution is 5.37. The Morgan fingerprint density at radius 2 is 1.60 bits per heavy atom. The molecule has 0 aromatic heterocycles. The molecule has 0 bridgehead atoms. The third kappa shape index (κ3) is 3.37. The summed E-state index contributed by atoms with van der Waals surface area (Å²) in [4.78, 5) is 0. The van der Waals surface area contributed by atoms with Crippen molar-refractivity contribution in [1.29, 1.82) is 0 Å². The predicted molar refractivity (Wildman–Crippen MR) is 128 cm³/mol. The van der Waals surface area contributed by atoms with Crippen LogP contribution in [0.25, 0.3) is 0 Å². The molecule has 170 valence electrons. The van der Waals surface area contributed by atoms with Crippen LogP contribution < -0.4 is 0 Å². The molecule has 0 saturated heterocycles. The molecule has 4 rings (SSSR count). The van der Waals surface area contributed by atoms with Crippen LogP contribution in [0.2, 0.25) is 0 Å². The van der Waals surface area contributed by atoms with E-state index in [2.05, 4.69) is 54.5 Å². The standard InChI is InChI=1S/C29H48O/c1-19(2)9-8-10-20(3)21-15-17-28(6)22(21)11-12-24-23(28)13-14-25-27(4,5)26(30)16-18-29(24,25)7/h9,20-22,25-26,30H,8,10-18H2,1-7H3/t20-,21-,22+,25-,26-,28+,29+/m0/s1. The van der Waals surface area contributed by atoms with Crippen molar-refractivity contribution in [3.8, 4) is 0 Å². The summed E-state index contributed by atoms with van der Waals surface area (Å²) in [5, 5.41) is 10.8. The van der Waals surface area contributed by atoms with E-state index in [9.17, 15) is 5.11 Å². The third-order valence-electron chi connectivity index (χ3n) is 10.8. The molecule has 4 aliphatic rings. The molecular weight excluding hydrogens is 364 g/mol. The molecule has 4 aliphatic carbocycles. The fraction of sp³-hybridized carbons (Fsp3) is 0.862. The number of aliphatic hydroxyl groups is 1. The molecule has 0 radical (unpaired) electrons. The van der Waals surface area contributed by atoms with Crippen molar-refractivity contribution in [2.45, 2.75) is 119 Å². The van der Waals surface area contributed by atoms with Crippen LogP contribution in [0.4, 0.5) is 0 Å². The SMILES string of the molecule is CC(C)=CCC[C@H](C)[C@@H]1CC[C@@]2(C)C3=C(CC[C@H]12)[C@@]1(C)CC[C@H](O)C(C)(C)[C@@H]1CC3. The zero-order chi connectivity index (χ0) is 21.9.